The average Bonchev–Trinajstić information content (AvgIpc) is 2.89. The van der Waals surface area contributed by atoms with Crippen molar-refractivity contribution in [2.24, 2.45) is 0 Å². The number of rotatable bonds is 4. The van der Waals surface area contributed by atoms with Gasteiger partial charge in [0, 0.05) is 47.9 Å². The zero-order valence-corrected chi connectivity index (χ0v) is 17.4. The van der Waals surface area contributed by atoms with Crippen molar-refractivity contribution in [3.63, 3.8) is 0 Å². The number of anilines is 1. The summed E-state index contributed by atoms with van der Waals surface area (Å²) in [5, 5.41) is 1.11. The molecule has 4 nitrogen and oxygen atoms in total. The highest BCUT2D eigenvalue weighted by atomic mass is 35.5. The molecule has 1 aromatic heterocycles. The van der Waals surface area contributed by atoms with E-state index in [1.807, 2.05) is 6.07 Å². The standard InChI is InChI=1S/C21H22Cl2FN3O/c1-3-26(4-2)18-12-14(24)11-17-19(18)27-8-5-9-28-20(21(27)25-17)15-7-6-13(22)10-16(15)23/h6-7,10-12,20H,3-5,8-9H2,1-2H3. The number of benzene rings is 2. The zero-order valence-electron chi connectivity index (χ0n) is 15.9. The Morgan fingerprint density at radius 3 is 2.71 bits per heavy atom. The van der Waals surface area contributed by atoms with Crippen LogP contribution in [0.5, 0.6) is 0 Å². The van der Waals surface area contributed by atoms with Gasteiger partial charge in [-0.15, -0.1) is 0 Å². The molecule has 1 aliphatic heterocycles. The molecule has 7 heteroatoms. The van der Waals surface area contributed by atoms with Gasteiger partial charge in [-0.2, -0.15) is 0 Å². The van der Waals surface area contributed by atoms with Gasteiger partial charge in [0.1, 0.15) is 17.7 Å². The first-order chi connectivity index (χ1) is 13.5. The summed E-state index contributed by atoms with van der Waals surface area (Å²) >= 11 is 12.5. The van der Waals surface area contributed by atoms with Crippen molar-refractivity contribution in [1.82, 2.24) is 9.55 Å². The topological polar surface area (TPSA) is 30.3 Å². The predicted octanol–water partition coefficient (Wildman–Crippen LogP) is 5.84. The molecule has 2 heterocycles. The maximum absolute atomic E-state index is 14.4. The number of hydrogen-bond donors (Lipinski definition) is 0. The molecule has 0 aliphatic carbocycles. The van der Waals surface area contributed by atoms with Gasteiger partial charge in [-0.1, -0.05) is 29.3 Å². The second-order valence-corrected chi connectivity index (χ2v) is 7.70. The third-order valence-electron chi connectivity index (χ3n) is 5.21. The molecule has 4 rings (SSSR count). The normalized spacial score (nSPS) is 16.8. The van der Waals surface area contributed by atoms with Crippen LogP contribution >= 0.6 is 23.2 Å². The highest BCUT2D eigenvalue weighted by Gasteiger charge is 2.29. The monoisotopic (exact) mass is 421 g/mol. The van der Waals surface area contributed by atoms with E-state index in [1.54, 1.807) is 18.2 Å². The van der Waals surface area contributed by atoms with Crippen LogP contribution in [-0.4, -0.2) is 29.2 Å². The molecular weight excluding hydrogens is 400 g/mol. The van der Waals surface area contributed by atoms with E-state index in [2.05, 4.69) is 23.3 Å². The van der Waals surface area contributed by atoms with Gasteiger partial charge in [0.05, 0.1) is 16.7 Å². The first kappa shape index (κ1) is 19.5. The van der Waals surface area contributed by atoms with Crippen molar-refractivity contribution in [1.29, 1.82) is 0 Å². The molecule has 1 aliphatic rings. The van der Waals surface area contributed by atoms with E-state index in [0.717, 1.165) is 48.6 Å². The lowest BCUT2D eigenvalue weighted by atomic mass is 10.1. The van der Waals surface area contributed by atoms with Gasteiger partial charge in [0.15, 0.2) is 0 Å². The molecule has 0 radical (unpaired) electrons. The largest absolute Gasteiger partial charge is 0.370 e. The Bertz CT molecular complexity index is 1020. The number of aromatic nitrogens is 2. The molecule has 0 bridgehead atoms. The third-order valence-corrected chi connectivity index (χ3v) is 5.77. The second-order valence-electron chi connectivity index (χ2n) is 6.86. The first-order valence-electron chi connectivity index (χ1n) is 9.54. The Hall–Kier alpha value is -1.82. The molecule has 28 heavy (non-hydrogen) atoms. The van der Waals surface area contributed by atoms with E-state index in [4.69, 9.17) is 32.9 Å². The van der Waals surface area contributed by atoms with E-state index in [9.17, 15) is 4.39 Å². The Balaban J connectivity index is 1.95. The number of aryl methyl sites for hydroxylation is 1. The van der Waals surface area contributed by atoms with E-state index in [0.29, 0.717) is 22.2 Å². The minimum Gasteiger partial charge on any atom is -0.370 e. The Morgan fingerprint density at radius 2 is 2.00 bits per heavy atom. The van der Waals surface area contributed by atoms with E-state index in [1.165, 1.54) is 6.07 Å². The van der Waals surface area contributed by atoms with E-state index >= 15 is 0 Å². The Labute approximate surface area is 173 Å². The van der Waals surface area contributed by atoms with Crippen LogP contribution in [0.1, 0.15) is 37.8 Å². The highest BCUT2D eigenvalue weighted by molar-refractivity contribution is 6.35. The van der Waals surface area contributed by atoms with Gasteiger partial charge in [-0.05, 0) is 38.5 Å². The molecule has 0 saturated carbocycles. The van der Waals surface area contributed by atoms with E-state index < -0.39 is 6.10 Å². The second kappa shape index (κ2) is 7.90. The lowest BCUT2D eigenvalue weighted by Gasteiger charge is -2.23. The number of imidazole rings is 1. The van der Waals surface area contributed by atoms with Crippen molar-refractivity contribution in [3.8, 4) is 0 Å². The fourth-order valence-corrected chi connectivity index (χ4v) is 4.41. The zero-order chi connectivity index (χ0) is 19.8. The summed E-state index contributed by atoms with van der Waals surface area (Å²) in [7, 11) is 0. The molecule has 1 unspecified atom stereocenters. The molecule has 3 aromatic rings. The smallest absolute Gasteiger partial charge is 0.143 e. The van der Waals surface area contributed by atoms with Gasteiger partial charge in [0.2, 0.25) is 0 Å². The van der Waals surface area contributed by atoms with Crippen molar-refractivity contribution >= 4 is 39.9 Å². The lowest BCUT2D eigenvalue weighted by molar-refractivity contribution is 0.0814. The van der Waals surface area contributed by atoms with Crippen molar-refractivity contribution in [2.75, 3.05) is 24.6 Å². The summed E-state index contributed by atoms with van der Waals surface area (Å²) in [4.78, 5) is 6.94. The highest BCUT2D eigenvalue weighted by Crippen LogP contribution is 2.38. The summed E-state index contributed by atoms with van der Waals surface area (Å²) in [6, 6.07) is 8.46. The van der Waals surface area contributed by atoms with Crippen LogP contribution in [-0.2, 0) is 11.3 Å². The van der Waals surface area contributed by atoms with Gasteiger partial charge >= 0.3 is 0 Å². The summed E-state index contributed by atoms with van der Waals surface area (Å²) in [6.07, 6.45) is 0.419. The molecule has 0 spiro atoms. The molecule has 0 N–H and O–H groups in total. The molecule has 1 atom stereocenters. The van der Waals surface area contributed by atoms with E-state index in [-0.39, 0.29) is 5.82 Å². The van der Waals surface area contributed by atoms with Gasteiger partial charge in [0.25, 0.3) is 0 Å². The van der Waals surface area contributed by atoms with Crippen LogP contribution in [0.15, 0.2) is 30.3 Å². The number of fused-ring (bicyclic) bond motifs is 3. The van der Waals surface area contributed by atoms with Gasteiger partial charge in [-0.25, -0.2) is 9.37 Å². The number of nitrogens with zero attached hydrogens (tertiary/aromatic N) is 3. The van der Waals surface area contributed by atoms with Crippen LogP contribution in [0.3, 0.4) is 0 Å². The van der Waals surface area contributed by atoms with Gasteiger partial charge in [-0.3, -0.25) is 0 Å². The molecule has 0 fully saturated rings. The molecular formula is C21H22Cl2FN3O. The summed E-state index contributed by atoms with van der Waals surface area (Å²) in [5.41, 5.74) is 3.26. The van der Waals surface area contributed by atoms with Crippen molar-refractivity contribution < 1.29 is 9.13 Å². The maximum Gasteiger partial charge on any atom is 0.143 e. The van der Waals surface area contributed by atoms with Crippen molar-refractivity contribution in [3.05, 3.63) is 57.6 Å². The average molecular weight is 422 g/mol. The van der Waals surface area contributed by atoms with Crippen LogP contribution in [0.2, 0.25) is 10.0 Å². The predicted molar refractivity (Wildman–Crippen MR) is 112 cm³/mol. The minimum absolute atomic E-state index is 0.287. The lowest BCUT2D eigenvalue weighted by Crippen LogP contribution is -2.23. The fraction of sp³-hybridized carbons (Fsp3) is 0.381. The third kappa shape index (κ3) is 3.36. The summed E-state index contributed by atoms with van der Waals surface area (Å²) < 4.78 is 22.6. The molecule has 148 valence electrons. The minimum atomic E-state index is -0.424. The van der Waals surface area contributed by atoms with Crippen LogP contribution in [0.25, 0.3) is 11.0 Å². The molecule has 2 aromatic carbocycles. The van der Waals surface area contributed by atoms with Crippen molar-refractivity contribution in [2.45, 2.75) is 32.9 Å². The van der Waals surface area contributed by atoms with Gasteiger partial charge < -0.3 is 14.2 Å². The Morgan fingerprint density at radius 1 is 1.21 bits per heavy atom. The number of hydrogen-bond acceptors (Lipinski definition) is 3. The summed E-state index contributed by atoms with van der Waals surface area (Å²) in [6.45, 7) is 7.07. The fourth-order valence-electron chi connectivity index (χ4n) is 3.90. The summed E-state index contributed by atoms with van der Waals surface area (Å²) in [5.74, 6) is 0.459. The quantitative estimate of drug-likeness (QED) is 0.529. The molecule has 0 saturated heterocycles. The first-order valence-corrected chi connectivity index (χ1v) is 10.3. The van der Waals surface area contributed by atoms with Crippen LogP contribution in [0.4, 0.5) is 10.1 Å². The molecule has 0 amide bonds. The Kier molecular flexibility index (Phi) is 5.50. The van der Waals surface area contributed by atoms with Crippen LogP contribution in [0, 0.1) is 5.82 Å². The van der Waals surface area contributed by atoms with Crippen LogP contribution < -0.4 is 4.90 Å². The number of ether oxygens (including phenoxy) is 1. The number of halogens is 3. The SMILES string of the molecule is CCN(CC)c1cc(F)cc2nc3n(c12)CCCOC3c1ccc(Cl)cc1Cl. The maximum atomic E-state index is 14.4.